The van der Waals surface area contributed by atoms with Crippen LogP contribution in [0.2, 0.25) is 0 Å². The number of benzene rings is 10. The molecule has 2 unspecified atom stereocenters. The standard InChI is InChI=1S/C66H44N2O/c1-2-19-55-53(17-1)54-18-3-4-20-56(54)62-42-52(36-38-57(55)62)67(50-15-12-14-47(40-50)48-33-37-61-60-23-7-10-26-65(60)69-66(61)41-48)49-34-31-44(32-35-49)43-27-29-45(30-28-43)46-13-11-16-51(39-46)68-63-24-8-5-21-58(63)59-22-6-9-25-64(59)68/h1-42,54,56H. The van der Waals surface area contributed by atoms with Crippen molar-refractivity contribution in [2.45, 2.75) is 11.8 Å². The van der Waals surface area contributed by atoms with E-state index in [-0.39, 0.29) is 5.92 Å². The van der Waals surface area contributed by atoms with Gasteiger partial charge in [0.2, 0.25) is 0 Å². The maximum absolute atomic E-state index is 6.35. The van der Waals surface area contributed by atoms with E-state index in [0.29, 0.717) is 5.92 Å². The number of aromatic nitrogens is 1. The van der Waals surface area contributed by atoms with Crippen LogP contribution in [0.4, 0.5) is 17.1 Å². The predicted octanol–water partition coefficient (Wildman–Crippen LogP) is 18.1. The summed E-state index contributed by atoms with van der Waals surface area (Å²) in [5.41, 5.74) is 21.0. The summed E-state index contributed by atoms with van der Waals surface area (Å²) in [5, 5.41) is 4.81. The zero-order chi connectivity index (χ0) is 45.4. The molecule has 10 aromatic carbocycles. The van der Waals surface area contributed by atoms with E-state index in [1.807, 2.05) is 12.1 Å². The number of allylic oxidation sites excluding steroid dienone is 4. The molecule has 0 radical (unpaired) electrons. The summed E-state index contributed by atoms with van der Waals surface area (Å²) in [7, 11) is 0. The van der Waals surface area contributed by atoms with E-state index in [2.05, 4.69) is 252 Å². The van der Waals surface area contributed by atoms with Crippen molar-refractivity contribution >= 4 is 60.8 Å². The molecule has 3 nitrogen and oxygen atoms in total. The summed E-state index contributed by atoms with van der Waals surface area (Å²) in [6.45, 7) is 0. The molecule has 324 valence electrons. The zero-order valence-electron chi connectivity index (χ0n) is 37.7. The molecule has 2 aliphatic rings. The topological polar surface area (TPSA) is 21.3 Å². The first kappa shape index (κ1) is 39.3. The normalized spacial score (nSPS) is 14.8. The van der Waals surface area contributed by atoms with Crippen LogP contribution in [-0.4, -0.2) is 4.57 Å². The summed E-state index contributed by atoms with van der Waals surface area (Å²) in [4.78, 5) is 2.42. The van der Waals surface area contributed by atoms with Gasteiger partial charge in [0, 0.05) is 56.1 Å². The van der Waals surface area contributed by atoms with Crippen LogP contribution in [0.25, 0.3) is 93.9 Å². The molecule has 0 fully saturated rings. The van der Waals surface area contributed by atoms with Gasteiger partial charge < -0.3 is 13.9 Å². The highest BCUT2D eigenvalue weighted by Gasteiger charge is 2.32. The minimum absolute atomic E-state index is 0.255. The molecular weight excluding hydrogens is 837 g/mol. The first-order valence-corrected chi connectivity index (χ1v) is 23.9. The molecule has 2 heterocycles. The van der Waals surface area contributed by atoms with Gasteiger partial charge in [0.05, 0.1) is 11.0 Å². The van der Waals surface area contributed by atoms with Crippen molar-refractivity contribution in [1.29, 1.82) is 0 Å². The zero-order valence-corrected chi connectivity index (χ0v) is 37.7. The maximum Gasteiger partial charge on any atom is 0.136 e. The molecule has 3 heteroatoms. The Balaban J connectivity index is 0.830. The first-order chi connectivity index (χ1) is 34.2. The van der Waals surface area contributed by atoms with E-state index in [4.69, 9.17) is 4.42 Å². The van der Waals surface area contributed by atoms with Gasteiger partial charge in [-0.05, 0) is 134 Å². The van der Waals surface area contributed by atoms with Crippen molar-refractivity contribution in [2.75, 3.05) is 4.90 Å². The van der Waals surface area contributed by atoms with Crippen LogP contribution < -0.4 is 4.90 Å². The van der Waals surface area contributed by atoms with Gasteiger partial charge in [-0.25, -0.2) is 0 Å². The lowest BCUT2D eigenvalue weighted by molar-refractivity contribution is 0.669. The Kier molecular flexibility index (Phi) is 9.03. The smallest absolute Gasteiger partial charge is 0.136 e. The molecule has 0 saturated heterocycles. The van der Waals surface area contributed by atoms with Crippen molar-refractivity contribution in [3.8, 4) is 50.2 Å². The third-order valence-corrected chi connectivity index (χ3v) is 14.6. The van der Waals surface area contributed by atoms with Crippen LogP contribution in [0.1, 0.15) is 23.0 Å². The third-order valence-electron chi connectivity index (χ3n) is 14.6. The summed E-state index contributed by atoms with van der Waals surface area (Å²) in [5.74, 6) is 0.554. The van der Waals surface area contributed by atoms with Gasteiger partial charge in [-0.1, -0.05) is 176 Å². The summed E-state index contributed by atoms with van der Waals surface area (Å²) < 4.78 is 8.74. The maximum atomic E-state index is 6.35. The van der Waals surface area contributed by atoms with Crippen molar-refractivity contribution in [3.63, 3.8) is 0 Å². The molecule has 14 rings (SSSR count). The van der Waals surface area contributed by atoms with Crippen LogP contribution in [0.5, 0.6) is 0 Å². The highest BCUT2D eigenvalue weighted by Crippen LogP contribution is 2.51. The second-order valence-electron chi connectivity index (χ2n) is 18.4. The third kappa shape index (κ3) is 6.50. The molecule has 69 heavy (non-hydrogen) atoms. The summed E-state index contributed by atoms with van der Waals surface area (Å²) in [6, 6.07) is 84.1. The number of fused-ring (bicyclic) bond motifs is 12. The van der Waals surface area contributed by atoms with E-state index in [1.165, 1.54) is 66.3 Å². The van der Waals surface area contributed by atoms with E-state index in [0.717, 1.165) is 55.8 Å². The Morgan fingerprint density at radius 1 is 0.333 bits per heavy atom. The van der Waals surface area contributed by atoms with Gasteiger partial charge in [0.15, 0.2) is 0 Å². The van der Waals surface area contributed by atoms with E-state index >= 15 is 0 Å². The molecule has 0 amide bonds. The Hall–Kier alpha value is -8.92. The minimum Gasteiger partial charge on any atom is -0.456 e. The SMILES string of the molecule is C1=CC2c3ccccc3-c3ccc(N(c4ccc(-c5ccc(-c6cccc(-n7c8ccccc8c8ccccc87)c6)cc5)cc4)c4cccc(-c5ccc6c(c5)oc5ccccc56)c4)cc3C2C=C1. The fourth-order valence-electron chi connectivity index (χ4n) is 11.3. The van der Waals surface area contributed by atoms with Gasteiger partial charge in [0.25, 0.3) is 0 Å². The largest absolute Gasteiger partial charge is 0.456 e. The Bertz CT molecular complexity index is 3980. The highest BCUT2D eigenvalue weighted by molar-refractivity contribution is 6.09. The highest BCUT2D eigenvalue weighted by atomic mass is 16.3. The molecule has 0 aliphatic heterocycles. The molecular formula is C66H44N2O. The number of nitrogens with zero attached hydrogens (tertiary/aromatic N) is 2. The quantitative estimate of drug-likeness (QED) is 0.159. The lowest BCUT2D eigenvalue weighted by atomic mass is 9.70. The average molecular weight is 881 g/mol. The molecule has 2 aliphatic carbocycles. The molecule has 2 atom stereocenters. The molecule has 0 N–H and O–H groups in total. The molecule has 12 aromatic rings. The summed E-state index contributed by atoms with van der Waals surface area (Å²) in [6.07, 6.45) is 9.16. The van der Waals surface area contributed by atoms with Crippen molar-refractivity contribution in [1.82, 2.24) is 4.57 Å². The van der Waals surface area contributed by atoms with Gasteiger partial charge in [-0.3, -0.25) is 0 Å². The Morgan fingerprint density at radius 3 is 1.64 bits per heavy atom. The Morgan fingerprint density at radius 2 is 0.870 bits per heavy atom. The fourth-order valence-corrected chi connectivity index (χ4v) is 11.3. The monoisotopic (exact) mass is 880 g/mol. The van der Waals surface area contributed by atoms with E-state index in [1.54, 1.807) is 0 Å². The minimum atomic E-state index is 0.255. The second kappa shape index (κ2) is 15.9. The van der Waals surface area contributed by atoms with E-state index in [9.17, 15) is 0 Å². The van der Waals surface area contributed by atoms with Crippen molar-refractivity contribution in [3.05, 3.63) is 266 Å². The first-order valence-electron chi connectivity index (χ1n) is 23.9. The lowest BCUT2D eigenvalue weighted by Crippen LogP contribution is -2.17. The summed E-state index contributed by atoms with van der Waals surface area (Å²) >= 11 is 0. The number of furan rings is 1. The fraction of sp³-hybridized carbons (Fsp3) is 0.0303. The number of rotatable bonds is 7. The second-order valence-corrected chi connectivity index (χ2v) is 18.4. The number of anilines is 3. The van der Waals surface area contributed by atoms with Crippen LogP contribution in [0.15, 0.2) is 259 Å². The number of hydrogen-bond donors (Lipinski definition) is 0. The van der Waals surface area contributed by atoms with Gasteiger partial charge >= 0.3 is 0 Å². The number of para-hydroxylation sites is 3. The van der Waals surface area contributed by atoms with Gasteiger partial charge in [0.1, 0.15) is 11.2 Å². The van der Waals surface area contributed by atoms with Crippen LogP contribution >= 0.6 is 0 Å². The van der Waals surface area contributed by atoms with Crippen LogP contribution in [-0.2, 0) is 0 Å². The van der Waals surface area contributed by atoms with Crippen molar-refractivity contribution < 1.29 is 4.42 Å². The molecule has 0 spiro atoms. The average Bonchev–Trinajstić information content (AvgIpc) is 3.97. The van der Waals surface area contributed by atoms with Gasteiger partial charge in [-0.2, -0.15) is 0 Å². The van der Waals surface area contributed by atoms with E-state index < -0.39 is 0 Å². The van der Waals surface area contributed by atoms with Crippen LogP contribution in [0.3, 0.4) is 0 Å². The molecule has 0 bridgehead atoms. The Labute approximate surface area is 400 Å². The molecule has 0 saturated carbocycles. The predicted molar refractivity (Wildman–Crippen MR) is 288 cm³/mol. The van der Waals surface area contributed by atoms with Crippen LogP contribution in [0, 0.1) is 0 Å². The number of hydrogen-bond acceptors (Lipinski definition) is 2. The molecule has 2 aromatic heterocycles. The van der Waals surface area contributed by atoms with Crippen molar-refractivity contribution in [2.24, 2.45) is 0 Å². The van der Waals surface area contributed by atoms with Gasteiger partial charge in [-0.15, -0.1) is 0 Å². The lowest BCUT2D eigenvalue weighted by Gasteiger charge is -2.35.